The summed E-state index contributed by atoms with van der Waals surface area (Å²) in [5.74, 6) is 6.39. The summed E-state index contributed by atoms with van der Waals surface area (Å²) in [5, 5.41) is 8.75. The standard InChI is InChI=1S/C15H18N2O2/c1-11-9-17(10-12(11)2)15(19)14-5-6-16-8-13(14)4-3-7-18/h5-6,8,11-12,18H,7,9-10H2,1-2H3. The topological polar surface area (TPSA) is 53.4 Å². The molecule has 0 radical (unpaired) electrons. The van der Waals surface area contributed by atoms with Crippen LogP contribution in [0.1, 0.15) is 29.8 Å². The van der Waals surface area contributed by atoms with Gasteiger partial charge in [0.2, 0.25) is 0 Å². The normalized spacial score (nSPS) is 21.9. The van der Waals surface area contributed by atoms with Crippen LogP contribution >= 0.6 is 0 Å². The van der Waals surface area contributed by atoms with Gasteiger partial charge in [0.05, 0.1) is 11.1 Å². The Hall–Kier alpha value is -1.86. The van der Waals surface area contributed by atoms with Crippen LogP contribution in [0.3, 0.4) is 0 Å². The first kappa shape index (κ1) is 13.6. The third-order valence-electron chi connectivity index (χ3n) is 3.63. The highest BCUT2D eigenvalue weighted by atomic mass is 16.2. The van der Waals surface area contributed by atoms with Gasteiger partial charge in [0, 0.05) is 25.5 Å². The zero-order valence-corrected chi connectivity index (χ0v) is 11.3. The summed E-state index contributed by atoms with van der Waals surface area (Å²) in [7, 11) is 0. The fourth-order valence-electron chi connectivity index (χ4n) is 2.28. The Kier molecular flexibility index (Phi) is 4.18. The number of pyridine rings is 1. The average molecular weight is 258 g/mol. The molecule has 2 unspecified atom stereocenters. The van der Waals surface area contributed by atoms with Crippen molar-refractivity contribution in [2.75, 3.05) is 19.7 Å². The number of aliphatic hydroxyl groups excluding tert-OH is 1. The van der Waals surface area contributed by atoms with Gasteiger partial charge < -0.3 is 10.0 Å². The van der Waals surface area contributed by atoms with Gasteiger partial charge in [-0.05, 0) is 17.9 Å². The molecule has 1 aromatic rings. The van der Waals surface area contributed by atoms with E-state index in [1.54, 1.807) is 18.5 Å². The number of hydrogen-bond donors (Lipinski definition) is 1. The number of hydrogen-bond acceptors (Lipinski definition) is 3. The SMILES string of the molecule is CC1CN(C(=O)c2ccncc2C#CCO)CC1C. The molecule has 2 rings (SSSR count). The van der Waals surface area contributed by atoms with Crippen LogP contribution in [0.2, 0.25) is 0 Å². The predicted octanol–water partition coefficient (Wildman–Crippen LogP) is 1.15. The van der Waals surface area contributed by atoms with E-state index >= 15 is 0 Å². The lowest BCUT2D eigenvalue weighted by Gasteiger charge is -2.16. The minimum atomic E-state index is -0.222. The zero-order valence-electron chi connectivity index (χ0n) is 11.3. The van der Waals surface area contributed by atoms with Gasteiger partial charge in [-0.15, -0.1) is 0 Å². The van der Waals surface area contributed by atoms with Crippen molar-refractivity contribution < 1.29 is 9.90 Å². The van der Waals surface area contributed by atoms with Crippen molar-refractivity contribution >= 4 is 5.91 Å². The smallest absolute Gasteiger partial charge is 0.255 e. The van der Waals surface area contributed by atoms with Crippen molar-refractivity contribution in [3.05, 3.63) is 29.6 Å². The van der Waals surface area contributed by atoms with E-state index in [1.807, 2.05) is 4.90 Å². The van der Waals surface area contributed by atoms with Crippen LogP contribution in [0.4, 0.5) is 0 Å². The molecule has 2 atom stereocenters. The van der Waals surface area contributed by atoms with Crippen molar-refractivity contribution in [2.24, 2.45) is 11.8 Å². The summed E-state index contributed by atoms with van der Waals surface area (Å²) in [6.07, 6.45) is 3.17. The van der Waals surface area contributed by atoms with Crippen LogP contribution in [0.15, 0.2) is 18.5 Å². The predicted molar refractivity (Wildman–Crippen MR) is 72.4 cm³/mol. The van der Waals surface area contributed by atoms with Gasteiger partial charge in [0.25, 0.3) is 5.91 Å². The van der Waals surface area contributed by atoms with E-state index in [1.165, 1.54) is 0 Å². The minimum Gasteiger partial charge on any atom is -0.384 e. The van der Waals surface area contributed by atoms with Crippen LogP contribution in [0.5, 0.6) is 0 Å². The van der Waals surface area contributed by atoms with Crippen LogP contribution in [-0.4, -0.2) is 40.6 Å². The number of likely N-dealkylation sites (tertiary alicyclic amines) is 1. The second-order valence-corrected chi connectivity index (χ2v) is 5.05. The van der Waals surface area contributed by atoms with E-state index < -0.39 is 0 Å². The van der Waals surface area contributed by atoms with Gasteiger partial charge >= 0.3 is 0 Å². The summed E-state index contributed by atoms with van der Waals surface area (Å²) in [4.78, 5) is 18.3. The number of nitrogens with zero attached hydrogens (tertiary/aromatic N) is 2. The molecule has 1 fully saturated rings. The molecule has 2 heterocycles. The van der Waals surface area contributed by atoms with Crippen molar-refractivity contribution in [3.8, 4) is 11.8 Å². The Morgan fingerprint density at radius 1 is 1.47 bits per heavy atom. The van der Waals surface area contributed by atoms with Gasteiger partial charge in [-0.1, -0.05) is 25.7 Å². The highest BCUT2D eigenvalue weighted by Crippen LogP contribution is 2.24. The molecule has 0 bridgehead atoms. The molecular weight excluding hydrogens is 240 g/mol. The Morgan fingerprint density at radius 2 is 2.16 bits per heavy atom. The highest BCUT2D eigenvalue weighted by molar-refractivity contribution is 5.96. The lowest BCUT2D eigenvalue weighted by atomic mass is 10.0. The lowest BCUT2D eigenvalue weighted by Crippen LogP contribution is -2.29. The molecule has 1 aromatic heterocycles. The maximum atomic E-state index is 12.5. The summed E-state index contributed by atoms with van der Waals surface area (Å²) >= 11 is 0. The van der Waals surface area contributed by atoms with Crippen molar-refractivity contribution in [1.29, 1.82) is 0 Å². The molecule has 0 spiro atoms. The highest BCUT2D eigenvalue weighted by Gasteiger charge is 2.30. The van der Waals surface area contributed by atoms with Gasteiger partial charge in [-0.3, -0.25) is 9.78 Å². The largest absolute Gasteiger partial charge is 0.384 e. The molecule has 0 aromatic carbocycles. The van der Waals surface area contributed by atoms with Gasteiger partial charge in [-0.25, -0.2) is 0 Å². The van der Waals surface area contributed by atoms with Crippen LogP contribution in [0, 0.1) is 23.7 Å². The average Bonchev–Trinajstić information content (AvgIpc) is 2.76. The van der Waals surface area contributed by atoms with E-state index in [4.69, 9.17) is 5.11 Å². The number of aromatic nitrogens is 1. The second-order valence-electron chi connectivity index (χ2n) is 5.05. The Morgan fingerprint density at radius 3 is 2.79 bits per heavy atom. The van der Waals surface area contributed by atoms with Gasteiger partial charge in [0.1, 0.15) is 6.61 Å². The molecule has 1 amide bonds. The number of carbonyl (C=O) groups excluding carboxylic acids is 1. The molecule has 4 heteroatoms. The Balaban J connectivity index is 2.24. The molecule has 0 saturated carbocycles. The first-order valence-electron chi connectivity index (χ1n) is 6.46. The van der Waals surface area contributed by atoms with Crippen molar-refractivity contribution in [3.63, 3.8) is 0 Å². The van der Waals surface area contributed by atoms with E-state index in [-0.39, 0.29) is 12.5 Å². The molecule has 4 nitrogen and oxygen atoms in total. The lowest BCUT2D eigenvalue weighted by molar-refractivity contribution is 0.0784. The summed E-state index contributed by atoms with van der Waals surface area (Å²) < 4.78 is 0. The van der Waals surface area contributed by atoms with Crippen LogP contribution in [-0.2, 0) is 0 Å². The van der Waals surface area contributed by atoms with Crippen LogP contribution < -0.4 is 0 Å². The molecule has 0 aliphatic carbocycles. The van der Waals surface area contributed by atoms with Crippen LogP contribution in [0.25, 0.3) is 0 Å². The first-order valence-corrected chi connectivity index (χ1v) is 6.46. The molecular formula is C15H18N2O2. The van der Waals surface area contributed by atoms with E-state index in [0.29, 0.717) is 23.0 Å². The van der Waals surface area contributed by atoms with Gasteiger partial charge in [-0.2, -0.15) is 0 Å². The second kappa shape index (κ2) is 5.85. The number of amides is 1. The van der Waals surface area contributed by atoms with Gasteiger partial charge in [0.15, 0.2) is 0 Å². The fourth-order valence-corrected chi connectivity index (χ4v) is 2.28. The quantitative estimate of drug-likeness (QED) is 0.769. The van der Waals surface area contributed by atoms with E-state index in [9.17, 15) is 4.79 Å². The molecule has 1 saturated heterocycles. The Labute approximate surface area is 113 Å². The van der Waals surface area contributed by atoms with Crippen molar-refractivity contribution in [2.45, 2.75) is 13.8 Å². The fraction of sp³-hybridized carbons (Fsp3) is 0.467. The molecule has 1 aliphatic heterocycles. The molecule has 100 valence electrons. The third kappa shape index (κ3) is 2.94. The number of carbonyl (C=O) groups is 1. The zero-order chi connectivity index (χ0) is 13.8. The summed E-state index contributed by atoms with van der Waals surface area (Å²) in [6, 6.07) is 1.69. The van der Waals surface area contributed by atoms with E-state index in [0.717, 1.165) is 13.1 Å². The molecule has 1 N–H and O–H groups in total. The van der Waals surface area contributed by atoms with Crippen molar-refractivity contribution in [1.82, 2.24) is 9.88 Å². The molecule has 1 aliphatic rings. The molecule has 19 heavy (non-hydrogen) atoms. The number of rotatable bonds is 1. The maximum Gasteiger partial charge on any atom is 0.255 e. The minimum absolute atomic E-state index is 0.000778. The summed E-state index contributed by atoms with van der Waals surface area (Å²) in [6.45, 7) is 5.68. The third-order valence-corrected chi connectivity index (χ3v) is 3.63. The van der Waals surface area contributed by atoms with E-state index in [2.05, 4.69) is 30.7 Å². The first-order chi connectivity index (χ1) is 9.13. The summed E-state index contributed by atoms with van der Waals surface area (Å²) in [5.41, 5.74) is 1.14. The Bertz CT molecular complexity index is 520. The maximum absolute atomic E-state index is 12.5. The monoisotopic (exact) mass is 258 g/mol. The number of aliphatic hydroxyl groups is 1.